The van der Waals surface area contributed by atoms with Crippen molar-refractivity contribution in [2.45, 2.75) is 59.7 Å². The molecule has 1 unspecified atom stereocenters. The van der Waals surface area contributed by atoms with Gasteiger partial charge in [-0.15, -0.1) is 0 Å². The number of nitrogens with one attached hydrogen (secondary N) is 3. The zero-order chi connectivity index (χ0) is 17.5. The van der Waals surface area contributed by atoms with Crippen LogP contribution in [0.2, 0.25) is 0 Å². The first-order valence-corrected chi connectivity index (χ1v) is 8.23. The maximum Gasteiger partial charge on any atom is 0.315 e. The highest BCUT2D eigenvalue weighted by Gasteiger charge is 2.20. The van der Waals surface area contributed by atoms with Gasteiger partial charge in [0.25, 0.3) is 0 Å². The van der Waals surface area contributed by atoms with Crippen molar-refractivity contribution in [2.24, 2.45) is 5.41 Å². The minimum atomic E-state index is -0.369. The second-order valence-corrected chi connectivity index (χ2v) is 7.25. The smallest absolute Gasteiger partial charge is 0.315 e. The van der Waals surface area contributed by atoms with E-state index in [-0.39, 0.29) is 17.6 Å². The highest BCUT2D eigenvalue weighted by Crippen LogP contribution is 2.20. The lowest BCUT2D eigenvalue weighted by Gasteiger charge is -2.26. The van der Waals surface area contributed by atoms with E-state index in [0.29, 0.717) is 25.6 Å². The number of carbonyl (C=O) groups excluding carboxylic acids is 1. The zero-order valence-electron chi connectivity index (χ0n) is 14.9. The van der Waals surface area contributed by atoms with Gasteiger partial charge in [0.2, 0.25) is 0 Å². The molecular weight excluding hydrogens is 290 g/mol. The Balaban J connectivity index is 2.41. The van der Waals surface area contributed by atoms with Crippen molar-refractivity contribution in [3.8, 4) is 0 Å². The Hall–Kier alpha value is -1.75. The largest absolute Gasteiger partial charge is 0.393 e. The van der Waals surface area contributed by atoms with Crippen LogP contribution in [0, 0.1) is 5.41 Å². The zero-order valence-corrected chi connectivity index (χ0v) is 14.9. The first-order chi connectivity index (χ1) is 10.7. The van der Waals surface area contributed by atoms with Crippen LogP contribution in [0.3, 0.4) is 0 Å². The van der Waals surface area contributed by atoms with Crippen LogP contribution in [0.5, 0.6) is 0 Å². The third kappa shape index (κ3) is 8.45. The van der Waals surface area contributed by atoms with Crippen molar-refractivity contribution >= 4 is 11.7 Å². The molecule has 2 amide bonds. The van der Waals surface area contributed by atoms with Crippen molar-refractivity contribution in [3.05, 3.63) is 29.8 Å². The van der Waals surface area contributed by atoms with Crippen LogP contribution in [0.4, 0.5) is 10.5 Å². The Morgan fingerprint density at radius 1 is 1.22 bits per heavy atom. The summed E-state index contributed by atoms with van der Waals surface area (Å²) in [7, 11) is 0. The molecule has 4 N–H and O–H groups in total. The van der Waals surface area contributed by atoms with Crippen LogP contribution in [0.25, 0.3) is 0 Å². The second-order valence-electron chi connectivity index (χ2n) is 7.25. The van der Waals surface area contributed by atoms with E-state index in [4.69, 9.17) is 0 Å². The molecule has 0 bridgehead atoms. The van der Waals surface area contributed by atoms with Gasteiger partial charge in [-0.1, -0.05) is 26.0 Å². The average molecular weight is 321 g/mol. The number of hydrogen-bond donors (Lipinski definition) is 4. The molecule has 5 heteroatoms. The Bertz CT molecular complexity index is 499. The quantitative estimate of drug-likeness (QED) is 0.594. The van der Waals surface area contributed by atoms with Gasteiger partial charge in [0.05, 0.1) is 6.10 Å². The van der Waals surface area contributed by atoms with Crippen LogP contribution >= 0.6 is 0 Å². The molecule has 0 aliphatic carbocycles. The molecule has 0 saturated heterocycles. The highest BCUT2D eigenvalue weighted by molar-refractivity contribution is 5.73. The summed E-state index contributed by atoms with van der Waals surface area (Å²) >= 11 is 0. The number of benzene rings is 1. The molecule has 0 radical (unpaired) electrons. The summed E-state index contributed by atoms with van der Waals surface area (Å²) in [5.41, 5.74) is 1.97. The van der Waals surface area contributed by atoms with Crippen LogP contribution < -0.4 is 16.0 Å². The van der Waals surface area contributed by atoms with Crippen LogP contribution in [-0.2, 0) is 6.54 Å². The monoisotopic (exact) mass is 321 g/mol. The Labute approximate surface area is 139 Å². The van der Waals surface area contributed by atoms with Gasteiger partial charge in [-0.25, -0.2) is 4.79 Å². The van der Waals surface area contributed by atoms with Crippen LogP contribution in [0.15, 0.2) is 24.3 Å². The number of amides is 2. The lowest BCUT2D eigenvalue weighted by atomic mass is 9.87. The molecule has 1 aromatic carbocycles. The fraction of sp³-hybridized carbons (Fsp3) is 0.611. The molecule has 5 nitrogen and oxygen atoms in total. The summed E-state index contributed by atoms with van der Waals surface area (Å²) in [4.78, 5) is 11.9. The Morgan fingerprint density at radius 3 is 2.52 bits per heavy atom. The topological polar surface area (TPSA) is 73.4 Å². The average Bonchev–Trinajstić information content (AvgIpc) is 2.41. The number of urea groups is 1. The van der Waals surface area contributed by atoms with Crippen LogP contribution in [0.1, 0.15) is 46.6 Å². The third-order valence-electron chi connectivity index (χ3n) is 3.41. The predicted octanol–water partition coefficient (Wildman–Crippen LogP) is 3.10. The summed E-state index contributed by atoms with van der Waals surface area (Å²) in [5, 5.41) is 18.5. The molecule has 0 heterocycles. The van der Waals surface area contributed by atoms with E-state index in [1.165, 1.54) is 0 Å². The number of aliphatic hydroxyl groups is 1. The summed E-state index contributed by atoms with van der Waals surface area (Å²) < 4.78 is 0. The van der Waals surface area contributed by atoms with Gasteiger partial charge in [0, 0.05) is 24.8 Å². The van der Waals surface area contributed by atoms with Crippen molar-refractivity contribution in [2.75, 3.05) is 11.9 Å². The Morgan fingerprint density at radius 2 is 1.91 bits per heavy atom. The number of hydrogen-bond acceptors (Lipinski definition) is 3. The lowest BCUT2D eigenvalue weighted by molar-refractivity contribution is 0.129. The lowest BCUT2D eigenvalue weighted by Crippen LogP contribution is -2.41. The number of carbonyl (C=O) groups is 1. The molecule has 0 aliphatic heterocycles. The Kier molecular flexibility index (Phi) is 7.36. The first kappa shape index (κ1) is 19.3. The van der Waals surface area contributed by atoms with E-state index in [1.54, 1.807) is 6.92 Å². The SMILES string of the molecule is CC(O)CC(C)(C)CNC(=O)NCc1cccc(NC(C)C)c1. The number of rotatable bonds is 8. The molecule has 1 aromatic rings. The van der Waals surface area contributed by atoms with Gasteiger partial charge in [-0.2, -0.15) is 0 Å². The maximum absolute atomic E-state index is 11.9. The van der Waals surface area contributed by atoms with Crippen molar-refractivity contribution in [1.29, 1.82) is 0 Å². The molecule has 0 saturated carbocycles. The standard InChI is InChI=1S/C18H31N3O2/c1-13(2)21-16-8-6-7-15(9-16)11-19-17(23)20-12-18(4,5)10-14(3)22/h6-9,13-14,21-22H,10-12H2,1-5H3,(H2,19,20,23). The fourth-order valence-electron chi connectivity index (χ4n) is 2.54. The van der Waals surface area contributed by atoms with Gasteiger partial charge in [-0.05, 0) is 50.3 Å². The molecule has 0 fully saturated rings. The minimum absolute atomic E-state index is 0.132. The van der Waals surface area contributed by atoms with E-state index in [2.05, 4.69) is 29.8 Å². The molecule has 1 rings (SSSR count). The second kappa shape index (κ2) is 8.77. The van der Waals surface area contributed by atoms with E-state index in [0.717, 1.165) is 11.3 Å². The maximum atomic E-state index is 11.9. The van der Waals surface area contributed by atoms with E-state index >= 15 is 0 Å². The van der Waals surface area contributed by atoms with Crippen molar-refractivity contribution < 1.29 is 9.90 Å². The molecule has 130 valence electrons. The molecule has 23 heavy (non-hydrogen) atoms. The van der Waals surface area contributed by atoms with Gasteiger partial charge in [0.15, 0.2) is 0 Å². The summed E-state index contributed by atoms with van der Waals surface area (Å²) in [6.07, 6.45) is 0.280. The normalized spacial score (nSPS) is 12.8. The predicted molar refractivity (Wildman–Crippen MR) is 95.5 cm³/mol. The van der Waals surface area contributed by atoms with E-state index in [9.17, 15) is 9.90 Å². The van der Waals surface area contributed by atoms with Gasteiger partial charge >= 0.3 is 6.03 Å². The van der Waals surface area contributed by atoms with E-state index in [1.807, 2.05) is 38.1 Å². The minimum Gasteiger partial charge on any atom is -0.393 e. The molecular formula is C18H31N3O2. The van der Waals surface area contributed by atoms with Gasteiger partial charge < -0.3 is 21.1 Å². The van der Waals surface area contributed by atoms with E-state index < -0.39 is 0 Å². The first-order valence-electron chi connectivity index (χ1n) is 8.23. The summed E-state index contributed by atoms with van der Waals surface area (Å²) in [6, 6.07) is 8.21. The van der Waals surface area contributed by atoms with Crippen molar-refractivity contribution in [3.63, 3.8) is 0 Å². The summed E-state index contributed by atoms with van der Waals surface area (Å²) in [5.74, 6) is 0. The van der Waals surface area contributed by atoms with Gasteiger partial charge in [0.1, 0.15) is 0 Å². The molecule has 0 aromatic heterocycles. The van der Waals surface area contributed by atoms with Gasteiger partial charge in [-0.3, -0.25) is 0 Å². The summed E-state index contributed by atoms with van der Waals surface area (Å²) in [6.45, 7) is 11.0. The molecule has 0 spiro atoms. The highest BCUT2D eigenvalue weighted by atomic mass is 16.3. The molecule has 1 atom stereocenters. The number of anilines is 1. The van der Waals surface area contributed by atoms with Crippen LogP contribution in [-0.4, -0.2) is 29.8 Å². The third-order valence-corrected chi connectivity index (χ3v) is 3.41. The fourth-order valence-corrected chi connectivity index (χ4v) is 2.54. The van der Waals surface area contributed by atoms with Crippen molar-refractivity contribution in [1.82, 2.24) is 10.6 Å². The number of aliphatic hydroxyl groups excluding tert-OH is 1. The molecule has 0 aliphatic rings.